The summed E-state index contributed by atoms with van der Waals surface area (Å²) in [6, 6.07) is 0.591. The van der Waals surface area contributed by atoms with Gasteiger partial charge in [-0.3, -0.25) is 0 Å². The van der Waals surface area contributed by atoms with Crippen molar-refractivity contribution >= 4 is 17.7 Å². The van der Waals surface area contributed by atoms with E-state index >= 15 is 0 Å². The number of hydrogen-bond donors (Lipinski definition) is 4. The maximum Gasteiger partial charge on any atom is 0.416 e. The van der Waals surface area contributed by atoms with Crippen LogP contribution in [0.25, 0.3) is 0 Å². The van der Waals surface area contributed by atoms with Gasteiger partial charge in [0.2, 0.25) is 0 Å². The summed E-state index contributed by atoms with van der Waals surface area (Å²) in [5.41, 5.74) is -1.06. The molecule has 6 nitrogen and oxygen atoms in total. The van der Waals surface area contributed by atoms with E-state index in [2.05, 4.69) is 5.32 Å². The Labute approximate surface area is 117 Å². The number of aryl methyl sites for hydroxylation is 1. The predicted octanol–water partition coefficient (Wildman–Crippen LogP) is 1.58. The molecule has 2 amide bonds. The van der Waals surface area contributed by atoms with Crippen LogP contribution in [-0.4, -0.2) is 34.9 Å². The second-order valence-electron chi connectivity index (χ2n) is 4.20. The molecule has 0 saturated carbocycles. The van der Waals surface area contributed by atoms with E-state index in [1.165, 1.54) is 19.1 Å². The lowest BCUT2D eigenvalue weighted by atomic mass is 10.1. The van der Waals surface area contributed by atoms with Gasteiger partial charge in [0.05, 0.1) is 12.2 Å². The van der Waals surface area contributed by atoms with E-state index in [4.69, 9.17) is 10.2 Å². The van der Waals surface area contributed by atoms with E-state index in [-0.39, 0.29) is 11.3 Å². The number of nitrogens with one attached hydrogen (secondary N) is 2. The number of halogens is 3. The molecule has 116 valence electrons. The highest BCUT2D eigenvalue weighted by atomic mass is 19.4. The normalized spacial score (nSPS) is 12.6. The van der Waals surface area contributed by atoms with Crippen LogP contribution in [0.4, 0.5) is 23.7 Å². The number of aliphatic hydroxyl groups excluding tert-OH is 1. The number of hydrogen-bond acceptors (Lipinski definition) is 3. The second-order valence-corrected chi connectivity index (χ2v) is 4.20. The molecule has 0 saturated heterocycles. The number of anilines is 1. The summed E-state index contributed by atoms with van der Waals surface area (Å²) in [6.07, 6.45) is -4.56. The SMILES string of the molecule is Cc1ccc(NC(=O)N[C@H](CO)C(=O)O)cc1C(F)(F)F. The number of aliphatic carboxylic acids is 1. The largest absolute Gasteiger partial charge is 0.480 e. The summed E-state index contributed by atoms with van der Waals surface area (Å²) < 4.78 is 38.1. The Balaban J connectivity index is 2.84. The van der Waals surface area contributed by atoms with E-state index in [0.29, 0.717) is 0 Å². The molecule has 0 aliphatic rings. The standard InChI is InChI=1S/C12H13F3N2O4/c1-6-2-3-7(4-8(6)12(13,14)15)16-11(21)17-9(5-18)10(19)20/h2-4,9,18H,5H2,1H3,(H,19,20)(H2,16,17,21)/t9-/m1/s1. The Morgan fingerprint density at radius 1 is 1.33 bits per heavy atom. The molecule has 1 rings (SSSR count). The summed E-state index contributed by atoms with van der Waals surface area (Å²) >= 11 is 0. The zero-order chi connectivity index (χ0) is 16.2. The van der Waals surface area contributed by atoms with Gasteiger partial charge in [0, 0.05) is 5.69 Å². The van der Waals surface area contributed by atoms with Gasteiger partial charge in [-0.15, -0.1) is 0 Å². The Bertz CT molecular complexity index is 546. The van der Waals surface area contributed by atoms with E-state index in [0.717, 1.165) is 6.07 Å². The highest BCUT2D eigenvalue weighted by molar-refractivity contribution is 5.92. The van der Waals surface area contributed by atoms with Crippen LogP contribution in [0, 0.1) is 6.92 Å². The lowest BCUT2D eigenvalue weighted by Gasteiger charge is -2.15. The van der Waals surface area contributed by atoms with Gasteiger partial charge >= 0.3 is 18.2 Å². The molecule has 21 heavy (non-hydrogen) atoms. The summed E-state index contributed by atoms with van der Waals surface area (Å²) in [5.74, 6) is -1.47. The maximum atomic E-state index is 12.7. The minimum absolute atomic E-state index is 0.00720. The minimum atomic E-state index is -4.56. The first kappa shape index (κ1) is 16.8. The van der Waals surface area contributed by atoms with Gasteiger partial charge in [-0.05, 0) is 24.6 Å². The summed E-state index contributed by atoms with van der Waals surface area (Å²) in [6.45, 7) is 0.434. The lowest BCUT2D eigenvalue weighted by Crippen LogP contribution is -2.45. The summed E-state index contributed by atoms with van der Waals surface area (Å²) in [7, 11) is 0. The molecule has 0 aromatic heterocycles. The number of benzene rings is 1. The van der Waals surface area contributed by atoms with Gasteiger partial charge in [-0.1, -0.05) is 6.07 Å². The number of carbonyl (C=O) groups excluding carboxylic acids is 1. The summed E-state index contributed by atoms with van der Waals surface area (Å²) in [5, 5.41) is 21.3. The van der Waals surface area contributed by atoms with Crippen LogP contribution in [0.3, 0.4) is 0 Å². The molecule has 0 bridgehead atoms. The molecule has 0 aliphatic carbocycles. The predicted molar refractivity (Wildman–Crippen MR) is 66.8 cm³/mol. The third-order valence-electron chi connectivity index (χ3n) is 2.59. The van der Waals surface area contributed by atoms with Crippen molar-refractivity contribution in [3.8, 4) is 0 Å². The zero-order valence-electron chi connectivity index (χ0n) is 10.9. The van der Waals surface area contributed by atoms with Gasteiger partial charge in [0.15, 0.2) is 6.04 Å². The second kappa shape index (κ2) is 6.44. The van der Waals surface area contributed by atoms with E-state index in [1.54, 1.807) is 0 Å². The number of amides is 2. The van der Waals surface area contributed by atoms with Crippen molar-refractivity contribution in [1.82, 2.24) is 5.32 Å². The number of carboxylic acids is 1. The number of rotatable bonds is 4. The first-order valence-corrected chi connectivity index (χ1v) is 5.74. The molecule has 1 aromatic rings. The van der Waals surface area contributed by atoms with Crippen LogP contribution in [0.15, 0.2) is 18.2 Å². The van der Waals surface area contributed by atoms with Crippen molar-refractivity contribution in [2.75, 3.05) is 11.9 Å². The molecule has 0 radical (unpaired) electrons. The number of aliphatic hydroxyl groups is 1. The summed E-state index contributed by atoms with van der Waals surface area (Å²) in [4.78, 5) is 22.1. The van der Waals surface area contributed by atoms with E-state index in [9.17, 15) is 22.8 Å². The van der Waals surface area contributed by atoms with Crippen molar-refractivity contribution < 1.29 is 33.0 Å². The quantitative estimate of drug-likeness (QED) is 0.679. The highest BCUT2D eigenvalue weighted by Gasteiger charge is 2.32. The van der Waals surface area contributed by atoms with Crippen LogP contribution in [0.2, 0.25) is 0 Å². The molecular formula is C12H13F3N2O4. The molecule has 4 N–H and O–H groups in total. The van der Waals surface area contributed by atoms with Gasteiger partial charge in [0.25, 0.3) is 0 Å². The minimum Gasteiger partial charge on any atom is -0.480 e. The average Bonchev–Trinajstić information content (AvgIpc) is 2.36. The Morgan fingerprint density at radius 2 is 1.95 bits per heavy atom. The first-order valence-electron chi connectivity index (χ1n) is 5.74. The molecule has 0 unspecified atom stereocenters. The van der Waals surface area contributed by atoms with E-state index < -0.39 is 36.4 Å². The van der Waals surface area contributed by atoms with Crippen molar-refractivity contribution in [2.45, 2.75) is 19.1 Å². The average molecular weight is 306 g/mol. The van der Waals surface area contributed by atoms with Crippen LogP contribution >= 0.6 is 0 Å². The molecule has 9 heteroatoms. The van der Waals surface area contributed by atoms with Crippen molar-refractivity contribution in [3.05, 3.63) is 29.3 Å². The zero-order valence-corrected chi connectivity index (χ0v) is 10.9. The van der Waals surface area contributed by atoms with Gasteiger partial charge < -0.3 is 20.8 Å². The number of carboxylic acid groups (broad SMARTS) is 1. The lowest BCUT2D eigenvalue weighted by molar-refractivity contribution is -0.140. The maximum absolute atomic E-state index is 12.7. The Kier molecular flexibility index (Phi) is 5.14. The van der Waals surface area contributed by atoms with Crippen molar-refractivity contribution in [3.63, 3.8) is 0 Å². The monoisotopic (exact) mass is 306 g/mol. The molecule has 0 heterocycles. The van der Waals surface area contributed by atoms with Gasteiger partial charge in [-0.2, -0.15) is 13.2 Å². The van der Waals surface area contributed by atoms with Gasteiger partial charge in [-0.25, -0.2) is 9.59 Å². The van der Waals surface area contributed by atoms with Crippen LogP contribution in [-0.2, 0) is 11.0 Å². The third-order valence-corrected chi connectivity index (χ3v) is 2.59. The van der Waals surface area contributed by atoms with Crippen LogP contribution in [0.5, 0.6) is 0 Å². The fraction of sp³-hybridized carbons (Fsp3) is 0.333. The molecule has 0 spiro atoms. The fourth-order valence-corrected chi connectivity index (χ4v) is 1.52. The Hall–Kier alpha value is -2.29. The fourth-order valence-electron chi connectivity index (χ4n) is 1.52. The third kappa shape index (κ3) is 4.63. The molecular weight excluding hydrogens is 293 g/mol. The van der Waals surface area contributed by atoms with Crippen molar-refractivity contribution in [1.29, 1.82) is 0 Å². The molecule has 0 aliphatic heterocycles. The molecule has 0 fully saturated rings. The Morgan fingerprint density at radius 3 is 2.43 bits per heavy atom. The van der Waals surface area contributed by atoms with Crippen LogP contribution in [0.1, 0.15) is 11.1 Å². The topological polar surface area (TPSA) is 98.7 Å². The highest BCUT2D eigenvalue weighted by Crippen LogP contribution is 2.33. The number of alkyl halides is 3. The number of carbonyl (C=O) groups is 2. The molecule has 1 atom stereocenters. The van der Waals surface area contributed by atoms with Crippen LogP contribution < -0.4 is 10.6 Å². The van der Waals surface area contributed by atoms with E-state index in [1.807, 2.05) is 5.32 Å². The first-order chi connectivity index (χ1) is 9.65. The van der Waals surface area contributed by atoms with Gasteiger partial charge in [0.1, 0.15) is 0 Å². The molecule has 1 aromatic carbocycles. The number of urea groups is 1. The smallest absolute Gasteiger partial charge is 0.416 e. The van der Waals surface area contributed by atoms with Crippen molar-refractivity contribution in [2.24, 2.45) is 0 Å².